The van der Waals surface area contributed by atoms with Crippen LogP contribution in [-0.4, -0.2) is 21.1 Å². The third-order valence-electron chi connectivity index (χ3n) is 4.34. The van der Waals surface area contributed by atoms with E-state index in [1.165, 1.54) is 24.3 Å². The lowest BCUT2D eigenvalue weighted by Gasteiger charge is -2.11. The van der Waals surface area contributed by atoms with Crippen molar-refractivity contribution in [3.63, 3.8) is 0 Å². The van der Waals surface area contributed by atoms with Gasteiger partial charge in [0.2, 0.25) is 5.89 Å². The van der Waals surface area contributed by atoms with Crippen LogP contribution in [0.2, 0.25) is 0 Å². The fraction of sp³-hybridized carbons (Fsp3) is 0.0455. The van der Waals surface area contributed by atoms with Crippen molar-refractivity contribution in [2.45, 2.75) is 6.92 Å². The molecule has 30 heavy (non-hydrogen) atoms. The molecule has 0 fully saturated rings. The van der Waals surface area contributed by atoms with Gasteiger partial charge in [0.05, 0.1) is 5.56 Å². The lowest BCUT2D eigenvalue weighted by atomic mass is 10.2. The quantitative estimate of drug-likeness (QED) is 0.413. The third-order valence-corrected chi connectivity index (χ3v) is 4.55. The number of nitrogens with zero attached hydrogens (tertiary/aromatic N) is 1. The van der Waals surface area contributed by atoms with Gasteiger partial charge in [-0.25, -0.2) is 9.37 Å². The standard InChI is InChI=1S/C22H16FN3O3S/c1-12-5-8-17-19(9-12)29-21(25-17)16-7-6-15(11-18(16)27)24-22(30)26-20(28)13-3-2-4-14(23)10-13/h2-11,27H,1H3,(H2,24,26,28,30). The normalized spacial score (nSPS) is 10.7. The van der Waals surface area contributed by atoms with Crippen molar-refractivity contribution in [1.29, 1.82) is 0 Å². The Balaban J connectivity index is 1.48. The van der Waals surface area contributed by atoms with Gasteiger partial charge in [0.25, 0.3) is 5.91 Å². The molecule has 0 saturated heterocycles. The molecule has 3 aromatic carbocycles. The number of phenols is 1. The summed E-state index contributed by atoms with van der Waals surface area (Å²) in [5.41, 5.74) is 3.38. The van der Waals surface area contributed by atoms with Crippen LogP contribution >= 0.6 is 12.2 Å². The number of thiocarbonyl (C=S) groups is 1. The number of fused-ring (bicyclic) bond motifs is 1. The zero-order chi connectivity index (χ0) is 21.3. The van der Waals surface area contributed by atoms with Crippen molar-refractivity contribution in [2.24, 2.45) is 0 Å². The highest BCUT2D eigenvalue weighted by Gasteiger charge is 2.14. The van der Waals surface area contributed by atoms with Crippen molar-refractivity contribution >= 4 is 40.0 Å². The van der Waals surface area contributed by atoms with E-state index in [4.69, 9.17) is 16.6 Å². The van der Waals surface area contributed by atoms with Gasteiger partial charge >= 0.3 is 0 Å². The van der Waals surface area contributed by atoms with Gasteiger partial charge in [0.15, 0.2) is 10.7 Å². The highest BCUT2D eigenvalue weighted by molar-refractivity contribution is 7.80. The maximum absolute atomic E-state index is 13.3. The van der Waals surface area contributed by atoms with E-state index < -0.39 is 11.7 Å². The highest BCUT2D eigenvalue weighted by Crippen LogP contribution is 2.33. The second-order valence-corrected chi connectivity index (χ2v) is 7.05. The molecule has 8 heteroatoms. The third kappa shape index (κ3) is 4.13. The van der Waals surface area contributed by atoms with E-state index in [0.717, 1.165) is 11.6 Å². The van der Waals surface area contributed by atoms with Crippen molar-refractivity contribution in [1.82, 2.24) is 10.3 Å². The van der Waals surface area contributed by atoms with Crippen LogP contribution in [0.3, 0.4) is 0 Å². The summed E-state index contributed by atoms with van der Waals surface area (Å²) in [7, 11) is 0. The number of hydrogen-bond donors (Lipinski definition) is 3. The predicted molar refractivity (Wildman–Crippen MR) is 116 cm³/mol. The molecule has 0 aliphatic rings. The molecule has 0 bridgehead atoms. The number of phenolic OH excluding ortho intramolecular Hbond substituents is 1. The first-order valence-corrected chi connectivity index (χ1v) is 9.38. The molecule has 0 radical (unpaired) electrons. The Morgan fingerprint density at radius 1 is 1.13 bits per heavy atom. The maximum Gasteiger partial charge on any atom is 0.257 e. The van der Waals surface area contributed by atoms with Crippen LogP contribution in [0.5, 0.6) is 5.75 Å². The molecule has 1 heterocycles. The Bertz CT molecular complexity index is 1290. The molecule has 0 aliphatic carbocycles. The van der Waals surface area contributed by atoms with Gasteiger partial charge in [0, 0.05) is 17.3 Å². The molecular formula is C22H16FN3O3S. The average molecular weight is 421 g/mol. The van der Waals surface area contributed by atoms with Gasteiger partial charge in [-0.15, -0.1) is 0 Å². The van der Waals surface area contributed by atoms with Crippen molar-refractivity contribution in [2.75, 3.05) is 5.32 Å². The topological polar surface area (TPSA) is 87.4 Å². The highest BCUT2D eigenvalue weighted by atomic mass is 32.1. The maximum atomic E-state index is 13.3. The number of anilines is 1. The van der Waals surface area contributed by atoms with Crippen LogP contribution in [0.25, 0.3) is 22.6 Å². The van der Waals surface area contributed by atoms with Gasteiger partial charge in [-0.1, -0.05) is 12.1 Å². The number of halogens is 1. The van der Waals surface area contributed by atoms with Gasteiger partial charge < -0.3 is 14.8 Å². The van der Waals surface area contributed by atoms with Crippen molar-refractivity contribution in [3.05, 3.63) is 77.6 Å². The predicted octanol–water partition coefficient (Wildman–Crippen LogP) is 4.77. The van der Waals surface area contributed by atoms with E-state index in [2.05, 4.69) is 15.6 Å². The van der Waals surface area contributed by atoms with E-state index in [0.29, 0.717) is 28.2 Å². The minimum atomic E-state index is -0.547. The Kier molecular flexibility index (Phi) is 5.16. The summed E-state index contributed by atoms with van der Waals surface area (Å²) in [6, 6.07) is 15.7. The molecule has 4 rings (SSSR count). The molecule has 0 spiro atoms. The number of oxazole rings is 1. The van der Waals surface area contributed by atoms with E-state index >= 15 is 0 Å². The lowest BCUT2D eigenvalue weighted by molar-refractivity contribution is 0.0977. The lowest BCUT2D eigenvalue weighted by Crippen LogP contribution is -2.34. The zero-order valence-electron chi connectivity index (χ0n) is 15.8. The summed E-state index contributed by atoms with van der Waals surface area (Å²) in [5.74, 6) is -0.838. The van der Waals surface area contributed by atoms with Gasteiger partial charge in [0.1, 0.15) is 17.1 Å². The summed E-state index contributed by atoms with van der Waals surface area (Å²) in [6.45, 7) is 1.95. The smallest absolute Gasteiger partial charge is 0.257 e. The molecule has 0 unspecified atom stereocenters. The van der Waals surface area contributed by atoms with Gasteiger partial charge in [-0.3, -0.25) is 10.1 Å². The van der Waals surface area contributed by atoms with Crippen LogP contribution < -0.4 is 10.6 Å². The zero-order valence-corrected chi connectivity index (χ0v) is 16.6. The number of rotatable bonds is 3. The number of carbonyl (C=O) groups is 1. The van der Waals surface area contributed by atoms with Crippen molar-refractivity contribution in [3.8, 4) is 17.2 Å². The number of aromatic hydroxyl groups is 1. The number of amides is 1. The van der Waals surface area contributed by atoms with Gasteiger partial charge in [-0.2, -0.15) is 0 Å². The van der Waals surface area contributed by atoms with Crippen LogP contribution in [-0.2, 0) is 0 Å². The first-order valence-electron chi connectivity index (χ1n) is 8.97. The number of nitrogens with one attached hydrogen (secondary N) is 2. The molecule has 0 aliphatic heterocycles. The van der Waals surface area contributed by atoms with Crippen LogP contribution in [0, 0.1) is 12.7 Å². The summed E-state index contributed by atoms with van der Waals surface area (Å²) in [4.78, 5) is 16.5. The second kappa shape index (κ2) is 7.92. The number of aromatic nitrogens is 1. The molecule has 4 aromatic rings. The Hall–Kier alpha value is -3.78. The SMILES string of the molecule is Cc1ccc2nc(-c3ccc(NC(=S)NC(=O)c4cccc(F)c4)cc3O)oc2c1. The minimum Gasteiger partial charge on any atom is -0.507 e. The summed E-state index contributed by atoms with van der Waals surface area (Å²) in [6.07, 6.45) is 0. The van der Waals surface area contributed by atoms with Crippen LogP contribution in [0.4, 0.5) is 10.1 Å². The van der Waals surface area contributed by atoms with E-state index in [9.17, 15) is 14.3 Å². The fourth-order valence-corrected chi connectivity index (χ4v) is 3.12. The summed E-state index contributed by atoms with van der Waals surface area (Å²) < 4.78 is 19.0. The Morgan fingerprint density at radius 2 is 1.97 bits per heavy atom. The first-order chi connectivity index (χ1) is 14.4. The number of carbonyl (C=O) groups excluding carboxylic acids is 1. The molecule has 1 aromatic heterocycles. The number of aryl methyl sites for hydroxylation is 1. The number of hydrogen-bond acceptors (Lipinski definition) is 5. The molecule has 3 N–H and O–H groups in total. The molecule has 150 valence electrons. The average Bonchev–Trinajstić information content (AvgIpc) is 3.10. The first kappa shape index (κ1) is 19.5. The monoisotopic (exact) mass is 421 g/mol. The van der Waals surface area contributed by atoms with E-state index in [1.54, 1.807) is 12.1 Å². The summed E-state index contributed by atoms with van der Waals surface area (Å²) >= 11 is 5.12. The molecule has 0 saturated carbocycles. The molecule has 6 nitrogen and oxygen atoms in total. The van der Waals surface area contributed by atoms with Crippen LogP contribution in [0.1, 0.15) is 15.9 Å². The number of benzene rings is 3. The van der Waals surface area contributed by atoms with Gasteiger partial charge in [-0.05, 0) is 67.2 Å². The summed E-state index contributed by atoms with van der Waals surface area (Å²) in [5, 5.41) is 15.7. The van der Waals surface area contributed by atoms with E-state index in [-0.39, 0.29) is 16.4 Å². The molecular weight excluding hydrogens is 405 g/mol. The molecule has 1 amide bonds. The van der Waals surface area contributed by atoms with Crippen LogP contribution in [0.15, 0.2) is 65.1 Å². The second-order valence-electron chi connectivity index (χ2n) is 6.64. The fourth-order valence-electron chi connectivity index (χ4n) is 2.90. The van der Waals surface area contributed by atoms with E-state index in [1.807, 2.05) is 25.1 Å². The van der Waals surface area contributed by atoms with Crippen molar-refractivity contribution < 1.29 is 18.7 Å². The Labute approximate surface area is 176 Å². The molecule has 0 atom stereocenters. The largest absolute Gasteiger partial charge is 0.507 e. The minimum absolute atomic E-state index is 0.00810. The Morgan fingerprint density at radius 3 is 2.73 bits per heavy atom.